The van der Waals surface area contributed by atoms with Crippen molar-refractivity contribution in [1.82, 2.24) is 4.31 Å². The van der Waals surface area contributed by atoms with Crippen LogP contribution in [0.5, 0.6) is 0 Å². The van der Waals surface area contributed by atoms with Crippen molar-refractivity contribution in [3.8, 4) is 0 Å². The molecule has 28 heavy (non-hydrogen) atoms. The van der Waals surface area contributed by atoms with Gasteiger partial charge in [-0.1, -0.05) is 73.8 Å². The van der Waals surface area contributed by atoms with Crippen LogP contribution in [0.3, 0.4) is 0 Å². The minimum absolute atomic E-state index is 0.305. The average molecular weight is 523 g/mol. The highest BCUT2D eigenvalue weighted by Gasteiger charge is 2.26. The van der Waals surface area contributed by atoms with Crippen molar-refractivity contribution in [2.24, 2.45) is 0 Å². The second-order valence-corrected chi connectivity index (χ2v) is 10.5. The van der Waals surface area contributed by atoms with E-state index in [9.17, 15) is 8.42 Å². The topological polar surface area (TPSA) is 37.4 Å². The van der Waals surface area contributed by atoms with Gasteiger partial charge < -0.3 is 0 Å². The lowest BCUT2D eigenvalue weighted by Gasteiger charge is -2.24. The molecule has 0 spiro atoms. The fraction of sp³-hybridized carbons (Fsp3) is 0.182. The summed E-state index contributed by atoms with van der Waals surface area (Å²) >= 11 is 6.86. The van der Waals surface area contributed by atoms with Crippen molar-refractivity contribution in [2.75, 3.05) is 0 Å². The van der Waals surface area contributed by atoms with Gasteiger partial charge in [-0.2, -0.15) is 4.31 Å². The maximum atomic E-state index is 13.5. The van der Waals surface area contributed by atoms with E-state index in [1.165, 1.54) is 4.31 Å². The highest BCUT2D eigenvalue weighted by Crippen LogP contribution is 2.25. The molecule has 146 valence electrons. The summed E-state index contributed by atoms with van der Waals surface area (Å²) in [6.45, 7) is 4.42. The first-order valence-corrected chi connectivity index (χ1v) is 11.8. The number of benzene rings is 3. The molecule has 0 aromatic heterocycles. The third kappa shape index (κ3) is 5.11. The van der Waals surface area contributed by atoms with Gasteiger partial charge >= 0.3 is 0 Å². The molecule has 3 aromatic rings. The Kier molecular flexibility index (Phi) is 6.76. The first kappa shape index (κ1) is 21.2. The van der Waals surface area contributed by atoms with E-state index >= 15 is 0 Å². The Morgan fingerprint density at radius 3 is 1.64 bits per heavy atom. The minimum Gasteiger partial charge on any atom is -0.207 e. The summed E-state index contributed by atoms with van der Waals surface area (Å²) in [5.74, 6) is 0. The zero-order chi connectivity index (χ0) is 20.3. The number of hydrogen-bond donors (Lipinski definition) is 0. The van der Waals surface area contributed by atoms with E-state index < -0.39 is 10.0 Å². The van der Waals surface area contributed by atoms with Crippen LogP contribution in [-0.2, 0) is 23.1 Å². The lowest BCUT2D eigenvalue weighted by atomic mass is 10.2. The summed E-state index contributed by atoms with van der Waals surface area (Å²) < 4.78 is 30.5. The normalized spacial score (nSPS) is 11.8. The Balaban J connectivity index is 2.00. The van der Waals surface area contributed by atoms with E-state index in [-0.39, 0.29) is 0 Å². The second kappa shape index (κ2) is 8.91. The number of hydrogen-bond acceptors (Lipinski definition) is 2. The van der Waals surface area contributed by atoms with E-state index in [0.29, 0.717) is 18.0 Å². The molecule has 0 radical (unpaired) electrons. The Hall–Kier alpha value is -1.47. The molecule has 0 fully saturated rings. The molecule has 0 bridgehead atoms. The quantitative estimate of drug-likeness (QED) is 0.385. The molecule has 6 heteroatoms. The van der Waals surface area contributed by atoms with Crippen LogP contribution in [0.25, 0.3) is 0 Å². The van der Waals surface area contributed by atoms with Crippen LogP contribution in [0.15, 0.2) is 80.6 Å². The Bertz CT molecular complexity index is 1020. The Labute approximate surface area is 183 Å². The van der Waals surface area contributed by atoms with E-state index in [4.69, 9.17) is 0 Å². The van der Waals surface area contributed by atoms with E-state index in [0.717, 1.165) is 31.2 Å². The molecule has 0 unspecified atom stereocenters. The second-order valence-electron chi connectivity index (χ2n) is 6.79. The van der Waals surface area contributed by atoms with Gasteiger partial charge in [0.25, 0.3) is 0 Å². The summed E-state index contributed by atoms with van der Waals surface area (Å²) in [6.07, 6.45) is 0. The predicted octanol–water partition coefficient (Wildman–Crippen LogP) is 6.22. The van der Waals surface area contributed by atoms with Crippen molar-refractivity contribution < 1.29 is 8.42 Å². The fourth-order valence-electron chi connectivity index (χ4n) is 3.04. The maximum Gasteiger partial charge on any atom is 0.243 e. The molecular weight excluding hydrogens is 502 g/mol. The third-order valence-corrected chi connectivity index (χ3v) is 7.50. The van der Waals surface area contributed by atoms with E-state index in [1.807, 2.05) is 74.5 Å². The standard InChI is InChI=1S/C22H21Br2NO2S/c1-16-3-12-22(17(2)13-16)28(26,27)25(14-18-4-8-20(23)9-5-18)15-19-6-10-21(24)11-7-19/h3-13H,14-15H2,1-2H3. The van der Waals surface area contributed by atoms with Crippen LogP contribution < -0.4 is 0 Å². The van der Waals surface area contributed by atoms with Crippen molar-refractivity contribution in [3.05, 3.63) is 97.9 Å². The van der Waals surface area contributed by atoms with Gasteiger partial charge in [0.2, 0.25) is 10.0 Å². The first-order valence-electron chi connectivity index (χ1n) is 8.82. The molecule has 0 atom stereocenters. The molecule has 0 N–H and O–H groups in total. The molecular formula is C22H21Br2NO2S. The molecule has 3 aromatic carbocycles. The SMILES string of the molecule is Cc1ccc(S(=O)(=O)N(Cc2ccc(Br)cc2)Cc2ccc(Br)cc2)c(C)c1. The molecule has 0 amide bonds. The molecule has 3 rings (SSSR count). The summed E-state index contributed by atoms with van der Waals surface area (Å²) in [5, 5.41) is 0. The fourth-order valence-corrected chi connectivity index (χ4v) is 5.19. The van der Waals surface area contributed by atoms with Crippen LogP contribution >= 0.6 is 31.9 Å². The third-order valence-electron chi connectivity index (χ3n) is 4.49. The molecule has 3 nitrogen and oxygen atoms in total. The number of nitrogens with zero attached hydrogens (tertiary/aromatic N) is 1. The zero-order valence-electron chi connectivity index (χ0n) is 15.7. The zero-order valence-corrected chi connectivity index (χ0v) is 19.7. The molecule has 0 saturated heterocycles. The summed E-state index contributed by atoms with van der Waals surface area (Å²) in [6, 6.07) is 20.9. The molecule has 0 aliphatic heterocycles. The molecule has 0 aliphatic carbocycles. The monoisotopic (exact) mass is 521 g/mol. The van der Waals surface area contributed by atoms with E-state index in [1.54, 1.807) is 6.07 Å². The number of halogens is 2. The highest BCUT2D eigenvalue weighted by molar-refractivity contribution is 9.10. The number of rotatable bonds is 6. The highest BCUT2D eigenvalue weighted by atomic mass is 79.9. The van der Waals surface area contributed by atoms with Crippen LogP contribution in [0, 0.1) is 13.8 Å². The molecule has 0 heterocycles. The van der Waals surface area contributed by atoms with E-state index in [2.05, 4.69) is 31.9 Å². The van der Waals surface area contributed by atoms with Crippen LogP contribution in [0.4, 0.5) is 0 Å². The summed E-state index contributed by atoms with van der Waals surface area (Å²) in [7, 11) is -3.66. The Morgan fingerprint density at radius 1 is 0.750 bits per heavy atom. The van der Waals surface area contributed by atoms with Gasteiger partial charge in [0.05, 0.1) is 4.90 Å². The van der Waals surface area contributed by atoms with Crippen molar-refractivity contribution in [3.63, 3.8) is 0 Å². The lowest BCUT2D eigenvalue weighted by molar-refractivity contribution is 0.401. The molecule has 0 aliphatic rings. The van der Waals surface area contributed by atoms with Gasteiger partial charge in [-0.25, -0.2) is 8.42 Å². The predicted molar refractivity (Wildman–Crippen MR) is 121 cm³/mol. The Morgan fingerprint density at radius 2 is 1.21 bits per heavy atom. The van der Waals surface area contributed by atoms with Gasteiger partial charge in [-0.05, 0) is 60.9 Å². The van der Waals surface area contributed by atoms with Gasteiger partial charge in [-0.3, -0.25) is 0 Å². The van der Waals surface area contributed by atoms with Crippen LogP contribution in [0.1, 0.15) is 22.3 Å². The van der Waals surface area contributed by atoms with Gasteiger partial charge in [0, 0.05) is 22.0 Å². The lowest BCUT2D eigenvalue weighted by Crippen LogP contribution is -2.30. The van der Waals surface area contributed by atoms with Crippen molar-refractivity contribution >= 4 is 41.9 Å². The van der Waals surface area contributed by atoms with Crippen molar-refractivity contribution in [2.45, 2.75) is 31.8 Å². The van der Waals surface area contributed by atoms with Crippen LogP contribution in [0.2, 0.25) is 0 Å². The minimum atomic E-state index is -3.66. The largest absolute Gasteiger partial charge is 0.243 e. The average Bonchev–Trinajstić information content (AvgIpc) is 2.64. The maximum absolute atomic E-state index is 13.5. The van der Waals surface area contributed by atoms with Crippen LogP contribution in [-0.4, -0.2) is 12.7 Å². The van der Waals surface area contributed by atoms with Gasteiger partial charge in [0.1, 0.15) is 0 Å². The number of aryl methyl sites for hydroxylation is 2. The summed E-state index contributed by atoms with van der Waals surface area (Å²) in [5.41, 5.74) is 3.68. The smallest absolute Gasteiger partial charge is 0.207 e. The van der Waals surface area contributed by atoms with Gasteiger partial charge in [0.15, 0.2) is 0 Å². The van der Waals surface area contributed by atoms with Crippen molar-refractivity contribution in [1.29, 1.82) is 0 Å². The molecule has 0 saturated carbocycles. The first-order chi connectivity index (χ1) is 13.3. The number of sulfonamides is 1. The summed E-state index contributed by atoms with van der Waals surface area (Å²) in [4.78, 5) is 0.354. The van der Waals surface area contributed by atoms with Gasteiger partial charge in [-0.15, -0.1) is 0 Å².